The summed E-state index contributed by atoms with van der Waals surface area (Å²) in [5.41, 5.74) is 3.34. The number of aromatic carboxylic acids is 1. The van der Waals surface area contributed by atoms with Crippen molar-refractivity contribution < 1.29 is 34.4 Å². The number of carboxylic acid groups (broad SMARTS) is 1. The van der Waals surface area contributed by atoms with Gasteiger partial charge < -0.3 is 34.8 Å². The van der Waals surface area contributed by atoms with E-state index in [9.17, 15) is 30.0 Å². The number of allylic oxidation sites excluding steroid dienone is 1. The fourth-order valence-corrected chi connectivity index (χ4v) is 4.34. The zero-order valence-corrected chi connectivity index (χ0v) is 19.1. The molecule has 5 rings (SSSR count). The van der Waals surface area contributed by atoms with Crippen molar-refractivity contribution in [1.82, 2.24) is 9.97 Å². The molecule has 0 spiro atoms. The molecule has 182 valence electrons. The summed E-state index contributed by atoms with van der Waals surface area (Å²) in [5, 5.41) is 41.0. The SMILES string of the molecule is CC(=CCc1cccc2c(C(=O)c3oc(C(=O)O)c(-c4c[nH]c5ccc(O)cc45)c3O)c[nH]c12)CO. The van der Waals surface area contributed by atoms with E-state index < -0.39 is 29.0 Å². The minimum atomic E-state index is -1.46. The largest absolute Gasteiger partial charge is 0.508 e. The van der Waals surface area contributed by atoms with Gasteiger partial charge in [-0.3, -0.25) is 4.79 Å². The van der Waals surface area contributed by atoms with Gasteiger partial charge in [0.2, 0.25) is 17.3 Å². The number of para-hydroxylation sites is 1. The molecular formula is C27H22N2O7. The van der Waals surface area contributed by atoms with Crippen LogP contribution in [0.15, 0.2) is 64.9 Å². The number of hydrogen-bond acceptors (Lipinski definition) is 6. The molecule has 6 N–H and O–H groups in total. The number of ketones is 1. The summed E-state index contributed by atoms with van der Waals surface area (Å²) in [7, 11) is 0. The molecule has 0 bridgehead atoms. The van der Waals surface area contributed by atoms with Crippen LogP contribution in [0.25, 0.3) is 32.9 Å². The molecule has 0 aliphatic rings. The van der Waals surface area contributed by atoms with Gasteiger partial charge in [0.15, 0.2) is 5.75 Å². The standard InChI is InChI=1S/C27H22N2O7/c1-13(12-30)5-6-14-3-2-4-16-19(11-29-22(14)16)23(32)26-24(33)21(25(36-26)27(34)35)18-10-28-20-8-7-15(31)9-17(18)20/h2-5,7-11,28-31,33H,6,12H2,1H3,(H,34,35). The number of benzene rings is 2. The maximum atomic E-state index is 13.5. The second-order valence-corrected chi connectivity index (χ2v) is 8.51. The normalized spacial score (nSPS) is 12.0. The molecule has 36 heavy (non-hydrogen) atoms. The maximum absolute atomic E-state index is 13.5. The van der Waals surface area contributed by atoms with Crippen molar-refractivity contribution in [2.24, 2.45) is 0 Å². The fourth-order valence-electron chi connectivity index (χ4n) is 4.34. The predicted octanol–water partition coefficient (Wildman–Crippen LogP) is 4.73. The third-order valence-corrected chi connectivity index (χ3v) is 6.18. The second kappa shape index (κ2) is 8.79. The molecule has 3 heterocycles. The number of aromatic amines is 2. The van der Waals surface area contributed by atoms with E-state index >= 15 is 0 Å². The molecule has 3 aromatic heterocycles. The Labute approximate surface area is 203 Å². The Morgan fingerprint density at radius 2 is 1.83 bits per heavy atom. The summed E-state index contributed by atoms with van der Waals surface area (Å²) in [6.07, 6.45) is 5.39. The van der Waals surface area contributed by atoms with Crippen LogP contribution in [-0.2, 0) is 6.42 Å². The van der Waals surface area contributed by atoms with Crippen LogP contribution in [0.1, 0.15) is 39.2 Å². The van der Waals surface area contributed by atoms with Gasteiger partial charge in [-0.25, -0.2) is 4.79 Å². The number of hydrogen-bond donors (Lipinski definition) is 6. The highest BCUT2D eigenvalue weighted by Gasteiger charge is 2.32. The predicted molar refractivity (Wildman–Crippen MR) is 133 cm³/mol. The number of fused-ring (bicyclic) bond motifs is 2. The molecular weight excluding hydrogens is 464 g/mol. The number of aliphatic hydroxyl groups excluding tert-OH is 1. The highest BCUT2D eigenvalue weighted by atomic mass is 16.4. The van der Waals surface area contributed by atoms with Crippen LogP contribution in [0.5, 0.6) is 11.5 Å². The molecule has 0 aliphatic carbocycles. The Balaban J connectivity index is 1.63. The molecule has 0 fully saturated rings. The summed E-state index contributed by atoms with van der Waals surface area (Å²) in [6.45, 7) is 1.77. The fraction of sp³-hybridized carbons (Fsp3) is 0.111. The molecule has 9 nitrogen and oxygen atoms in total. The van der Waals surface area contributed by atoms with Crippen molar-refractivity contribution in [3.63, 3.8) is 0 Å². The lowest BCUT2D eigenvalue weighted by Crippen LogP contribution is -1.99. The zero-order chi connectivity index (χ0) is 25.6. The number of phenols is 1. The molecule has 0 saturated heterocycles. The van der Waals surface area contributed by atoms with E-state index in [0.29, 0.717) is 28.2 Å². The van der Waals surface area contributed by atoms with Gasteiger partial charge in [-0.05, 0) is 37.1 Å². The third kappa shape index (κ3) is 3.71. The van der Waals surface area contributed by atoms with Gasteiger partial charge in [-0.1, -0.05) is 29.8 Å². The summed E-state index contributed by atoms with van der Waals surface area (Å²) >= 11 is 0. The van der Waals surface area contributed by atoms with E-state index in [2.05, 4.69) is 9.97 Å². The average molecular weight is 486 g/mol. The number of nitrogens with one attached hydrogen (secondary N) is 2. The minimum Gasteiger partial charge on any atom is -0.508 e. The number of aromatic hydroxyl groups is 2. The molecule has 0 amide bonds. The lowest BCUT2D eigenvalue weighted by molar-refractivity contribution is 0.0661. The number of carbonyl (C=O) groups is 2. The quantitative estimate of drug-likeness (QED) is 0.143. The third-order valence-electron chi connectivity index (χ3n) is 6.18. The molecule has 0 radical (unpaired) electrons. The van der Waals surface area contributed by atoms with E-state index in [0.717, 1.165) is 11.1 Å². The maximum Gasteiger partial charge on any atom is 0.372 e. The Bertz CT molecular complexity index is 1680. The van der Waals surface area contributed by atoms with Crippen molar-refractivity contribution in [3.8, 4) is 22.6 Å². The first kappa shape index (κ1) is 23.0. The van der Waals surface area contributed by atoms with Crippen LogP contribution in [0.2, 0.25) is 0 Å². The van der Waals surface area contributed by atoms with Gasteiger partial charge in [-0.15, -0.1) is 0 Å². The van der Waals surface area contributed by atoms with Gasteiger partial charge in [0.25, 0.3) is 0 Å². The van der Waals surface area contributed by atoms with Crippen LogP contribution in [-0.4, -0.2) is 48.8 Å². The number of aromatic nitrogens is 2. The lowest BCUT2D eigenvalue weighted by Gasteiger charge is -2.02. The number of rotatable bonds is 7. The summed E-state index contributed by atoms with van der Waals surface area (Å²) < 4.78 is 5.44. The molecule has 2 aromatic carbocycles. The minimum absolute atomic E-state index is 0.0434. The molecule has 9 heteroatoms. The van der Waals surface area contributed by atoms with E-state index in [1.807, 2.05) is 19.1 Å². The first-order valence-electron chi connectivity index (χ1n) is 11.1. The van der Waals surface area contributed by atoms with Crippen molar-refractivity contribution >= 4 is 33.6 Å². The van der Waals surface area contributed by atoms with Crippen LogP contribution >= 0.6 is 0 Å². The van der Waals surface area contributed by atoms with E-state index in [-0.39, 0.29) is 29.0 Å². The number of aliphatic hydroxyl groups is 1. The van der Waals surface area contributed by atoms with Gasteiger partial charge >= 0.3 is 5.97 Å². The van der Waals surface area contributed by atoms with Crippen molar-refractivity contribution in [3.05, 3.63) is 83.1 Å². The number of carboxylic acids is 1. The topological polar surface area (TPSA) is 160 Å². The number of carbonyl (C=O) groups excluding carboxylic acids is 1. The van der Waals surface area contributed by atoms with Gasteiger partial charge in [0.05, 0.1) is 17.7 Å². The monoisotopic (exact) mass is 486 g/mol. The lowest BCUT2D eigenvalue weighted by atomic mass is 10.0. The number of phenolic OH excluding ortho intramolecular Hbond substituents is 1. The zero-order valence-electron chi connectivity index (χ0n) is 19.1. The summed E-state index contributed by atoms with van der Waals surface area (Å²) in [6, 6.07) is 9.93. The first-order valence-corrected chi connectivity index (χ1v) is 11.1. The molecule has 0 saturated carbocycles. The van der Waals surface area contributed by atoms with E-state index in [1.165, 1.54) is 24.5 Å². The Morgan fingerprint density at radius 3 is 2.58 bits per heavy atom. The average Bonchev–Trinajstić information content (AvgIpc) is 3.57. The Kier molecular flexibility index (Phi) is 5.62. The molecule has 5 aromatic rings. The van der Waals surface area contributed by atoms with Gasteiger partial charge in [0.1, 0.15) is 5.75 Å². The van der Waals surface area contributed by atoms with Crippen LogP contribution < -0.4 is 0 Å². The van der Waals surface area contributed by atoms with E-state index in [4.69, 9.17) is 4.42 Å². The van der Waals surface area contributed by atoms with Crippen LogP contribution in [0, 0.1) is 0 Å². The van der Waals surface area contributed by atoms with Crippen molar-refractivity contribution in [1.29, 1.82) is 0 Å². The summed E-state index contributed by atoms with van der Waals surface area (Å²) in [5.74, 6) is -3.88. The van der Waals surface area contributed by atoms with Gasteiger partial charge in [-0.2, -0.15) is 0 Å². The van der Waals surface area contributed by atoms with Crippen LogP contribution in [0.4, 0.5) is 0 Å². The number of furan rings is 1. The Hall–Kier alpha value is -4.76. The van der Waals surface area contributed by atoms with E-state index in [1.54, 1.807) is 18.2 Å². The highest BCUT2D eigenvalue weighted by Crippen LogP contribution is 2.43. The molecule has 0 unspecified atom stereocenters. The van der Waals surface area contributed by atoms with Crippen LogP contribution in [0.3, 0.4) is 0 Å². The number of H-pyrrole nitrogens is 2. The summed E-state index contributed by atoms with van der Waals surface area (Å²) in [4.78, 5) is 31.5. The second-order valence-electron chi connectivity index (χ2n) is 8.51. The molecule has 0 aliphatic heterocycles. The first-order chi connectivity index (χ1) is 17.3. The smallest absolute Gasteiger partial charge is 0.372 e. The van der Waals surface area contributed by atoms with Gasteiger partial charge in [0, 0.05) is 39.8 Å². The van der Waals surface area contributed by atoms with Crippen molar-refractivity contribution in [2.75, 3.05) is 6.61 Å². The highest BCUT2D eigenvalue weighted by molar-refractivity contribution is 6.18. The Morgan fingerprint density at radius 1 is 1.03 bits per heavy atom. The van der Waals surface area contributed by atoms with Crippen molar-refractivity contribution in [2.45, 2.75) is 13.3 Å². The molecule has 0 atom stereocenters.